The molecule has 3 atom stereocenters. The van der Waals surface area contributed by atoms with Crippen molar-refractivity contribution >= 4 is 17.3 Å². The highest BCUT2D eigenvalue weighted by Gasteiger charge is 2.43. The van der Waals surface area contributed by atoms with Crippen molar-refractivity contribution < 1.29 is 18.0 Å². The number of carbonyl (C=O) groups excluding carboxylic acids is 1. The number of carbonyl (C=O) groups is 1. The number of para-hydroxylation sites is 1. The molecule has 3 aromatic rings. The van der Waals surface area contributed by atoms with Crippen LogP contribution in [0.2, 0.25) is 0 Å². The van der Waals surface area contributed by atoms with Crippen LogP contribution in [0.5, 0.6) is 0 Å². The van der Waals surface area contributed by atoms with Crippen LogP contribution in [0.1, 0.15) is 29.7 Å². The third-order valence-corrected chi connectivity index (χ3v) is 7.16. The fourth-order valence-electron chi connectivity index (χ4n) is 5.32. The molecule has 0 unspecified atom stereocenters. The Morgan fingerprint density at radius 3 is 2.34 bits per heavy atom. The largest absolute Gasteiger partial charge is 0.416 e. The number of rotatable bonds is 4. The van der Waals surface area contributed by atoms with E-state index in [-0.39, 0.29) is 24.4 Å². The zero-order valence-corrected chi connectivity index (χ0v) is 19.5. The maximum Gasteiger partial charge on any atom is 0.416 e. The molecular formula is C28H28F3N3O. The highest BCUT2D eigenvalue weighted by Crippen LogP contribution is 2.40. The molecule has 0 aliphatic carbocycles. The van der Waals surface area contributed by atoms with Crippen molar-refractivity contribution in [2.24, 2.45) is 5.92 Å². The molecular weight excluding hydrogens is 451 g/mol. The molecule has 1 saturated heterocycles. The van der Waals surface area contributed by atoms with Gasteiger partial charge in [0.25, 0.3) is 0 Å². The van der Waals surface area contributed by atoms with Crippen molar-refractivity contribution in [1.29, 1.82) is 0 Å². The zero-order valence-electron chi connectivity index (χ0n) is 19.5. The van der Waals surface area contributed by atoms with E-state index in [9.17, 15) is 18.0 Å². The van der Waals surface area contributed by atoms with Gasteiger partial charge in [0.1, 0.15) is 0 Å². The molecule has 2 heterocycles. The topological polar surface area (TPSA) is 35.6 Å². The molecule has 0 bridgehead atoms. The Bertz CT molecular complexity index is 1180. The minimum absolute atomic E-state index is 0.130. The number of hydrogen-bond donors (Lipinski definition) is 1. The summed E-state index contributed by atoms with van der Waals surface area (Å²) >= 11 is 0. The van der Waals surface area contributed by atoms with E-state index >= 15 is 0 Å². The van der Waals surface area contributed by atoms with Gasteiger partial charge in [-0.15, -0.1) is 0 Å². The minimum Gasteiger partial charge on any atom is -0.368 e. The Labute approximate surface area is 203 Å². The smallest absolute Gasteiger partial charge is 0.368 e. The summed E-state index contributed by atoms with van der Waals surface area (Å²) in [7, 11) is 0. The number of nitrogens with zero attached hydrogens (tertiary/aromatic N) is 2. The van der Waals surface area contributed by atoms with Crippen LogP contribution in [0, 0.1) is 5.92 Å². The average Bonchev–Trinajstić information content (AvgIpc) is 2.88. The third kappa shape index (κ3) is 4.72. The minimum atomic E-state index is -4.42. The van der Waals surface area contributed by atoms with E-state index in [1.54, 1.807) is 6.07 Å². The molecule has 0 saturated carbocycles. The fraction of sp³-hybridized carbons (Fsp3) is 0.321. The van der Waals surface area contributed by atoms with Gasteiger partial charge in [0.2, 0.25) is 5.91 Å². The van der Waals surface area contributed by atoms with Crippen molar-refractivity contribution in [3.8, 4) is 0 Å². The van der Waals surface area contributed by atoms with Crippen molar-refractivity contribution in [1.82, 2.24) is 5.32 Å². The molecule has 5 rings (SSSR count). The number of amides is 1. The fourth-order valence-corrected chi connectivity index (χ4v) is 5.32. The van der Waals surface area contributed by atoms with Gasteiger partial charge < -0.3 is 15.1 Å². The van der Waals surface area contributed by atoms with Gasteiger partial charge in [0, 0.05) is 31.0 Å². The van der Waals surface area contributed by atoms with Gasteiger partial charge in [-0.25, -0.2) is 0 Å². The molecule has 2 aliphatic rings. The third-order valence-electron chi connectivity index (χ3n) is 7.16. The molecule has 0 radical (unpaired) electrons. The van der Waals surface area contributed by atoms with E-state index in [1.165, 1.54) is 6.07 Å². The average molecular weight is 480 g/mol. The van der Waals surface area contributed by atoms with Crippen LogP contribution in [0.3, 0.4) is 0 Å². The lowest BCUT2D eigenvalue weighted by Crippen LogP contribution is -2.61. The summed E-state index contributed by atoms with van der Waals surface area (Å²) in [5.74, 6) is -0.599. The summed E-state index contributed by atoms with van der Waals surface area (Å²) in [5, 5.41) is 3.12. The number of fused-ring (bicyclic) bond motifs is 3. The second-order valence-corrected chi connectivity index (χ2v) is 9.34. The SMILES string of the molecule is C[C@@H](NC(=O)[C@H]1Cc2cc(C(F)(F)F)ccc2N2CCN(c3ccccc3)C[C@H]12)c1ccccc1. The van der Waals surface area contributed by atoms with Gasteiger partial charge in [0.15, 0.2) is 0 Å². The van der Waals surface area contributed by atoms with Crippen LogP contribution >= 0.6 is 0 Å². The first-order valence-corrected chi connectivity index (χ1v) is 11.9. The molecule has 7 heteroatoms. The first-order valence-electron chi connectivity index (χ1n) is 11.9. The summed E-state index contributed by atoms with van der Waals surface area (Å²) in [5.41, 5.74) is 2.78. The Balaban J connectivity index is 1.46. The second kappa shape index (κ2) is 9.29. The van der Waals surface area contributed by atoms with Gasteiger partial charge in [-0.1, -0.05) is 48.5 Å². The van der Waals surface area contributed by atoms with Crippen LogP contribution in [0.4, 0.5) is 24.5 Å². The van der Waals surface area contributed by atoms with Gasteiger partial charge >= 0.3 is 6.18 Å². The lowest BCUT2D eigenvalue weighted by Gasteiger charge is -2.50. The number of alkyl halides is 3. The first-order chi connectivity index (χ1) is 16.8. The van der Waals surface area contributed by atoms with E-state index in [0.29, 0.717) is 18.7 Å². The highest BCUT2D eigenvalue weighted by molar-refractivity contribution is 5.83. The van der Waals surface area contributed by atoms with Crippen LogP contribution in [0.25, 0.3) is 0 Å². The van der Waals surface area contributed by atoms with Crippen molar-refractivity contribution in [2.75, 3.05) is 29.4 Å². The summed E-state index contributed by atoms with van der Waals surface area (Å²) in [6.07, 6.45) is -4.14. The molecule has 1 N–H and O–H groups in total. The lowest BCUT2D eigenvalue weighted by atomic mass is 9.82. The van der Waals surface area contributed by atoms with E-state index in [2.05, 4.69) is 27.2 Å². The number of nitrogens with one attached hydrogen (secondary N) is 1. The second-order valence-electron chi connectivity index (χ2n) is 9.34. The Kier molecular flexibility index (Phi) is 6.17. The van der Waals surface area contributed by atoms with Gasteiger partial charge in [-0.2, -0.15) is 13.2 Å². The summed E-state index contributed by atoms with van der Waals surface area (Å²) in [4.78, 5) is 18.0. The monoisotopic (exact) mass is 479 g/mol. The number of hydrogen-bond acceptors (Lipinski definition) is 3. The number of halogens is 3. The Morgan fingerprint density at radius 2 is 1.66 bits per heavy atom. The van der Waals surface area contributed by atoms with Crippen LogP contribution < -0.4 is 15.1 Å². The van der Waals surface area contributed by atoms with Gasteiger partial charge in [0.05, 0.1) is 23.6 Å². The molecule has 2 aliphatic heterocycles. The van der Waals surface area contributed by atoms with Crippen molar-refractivity contribution in [2.45, 2.75) is 31.6 Å². The predicted molar refractivity (Wildman–Crippen MR) is 131 cm³/mol. The molecule has 35 heavy (non-hydrogen) atoms. The molecule has 1 amide bonds. The quantitative estimate of drug-likeness (QED) is 0.541. The maximum atomic E-state index is 13.6. The predicted octanol–water partition coefficient (Wildman–Crippen LogP) is 5.45. The zero-order chi connectivity index (χ0) is 24.6. The highest BCUT2D eigenvalue weighted by atomic mass is 19.4. The van der Waals surface area contributed by atoms with E-state index in [0.717, 1.165) is 29.5 Å². The maximum absolute atomic E-state index is 13.6. The molecule has 4 nitrogen and oxygen atoms in total. The molecule has 0 aromatic heterocycles. The molecule has 0 spiro atoms. The number of benzene rings is 3. The summed E-state index contributed by atoms with van der Waals surface area (Å²) < 4.78 is 40.3. The van der Waals surface area contributed by atoms with E-state index in [1.807, 2.05) is 55.5 Å². The van der Waals surface area contributed by atoms with Crippen LogP contribution in [-0.4, -0.2) is 31.6 Å². The van der Waals surface area contributed by atoms with Crippen LogP contribution in [-0.2, 0) is 17.4 Å². The van der Waals surface area contributed by atoms with Crippen molar-refractivity contribution in [3.05, 3.63) is 95.6 Å². The Morgan fingerprint density at radius 1 is 0.971 bits per heavy atom. The van der Waals surface area contributed by atoms with E-state index in [4.69, 9.17) is 0 Å². The molecule has 182 valence electrons. The summed E-state index contributed by atoms with van der Waals surface area (Å²) in [6.45, 7) is 3.93. The first kappa shape index (κ1) is 23.3. The number of piperazine rings is 1. The van der Waals surface area contributed by atoms with Gasteiger partial charge in [-0.3, -0.25) is 4.79 Å². The van der Waals surface area contributed by atoms with Gasteiger partial charge in [-0.05, 0) is 54.8 Å². The summed E-state index contributed by atoms with van der Waals surface area (Å²) in [6, 6.07) is 23.3. The standard InChI is InChI=1S/C28H28F3N3O/c1-19(20-8-4-2-5-9-20)32-27(35)24-17-21-16-22(28(29,30)31)12-13-25(21)34-15-14-33(18-26(24)34)23-10-6-3-7-11-23/h2-13,16,19,24,26H,14-15,17-18H2,1H3,(H,32,35)/t19-,24+,26-/m1/s1. The van der Waals surface area contributed by atoms with Crippen molar-refractivity contribution in [3.63, 3.8) is 0 Å². The molecule has 3 aromatic carbocycles. The lowest BCUT2D eigenvalue weighted by molar-refractivity contribution is -0.137. The Hall–Kier alpha value is -3.48. The van der Waals surface area contributed by atoms with Crippen LogP contribution in [0.15, 0.2) is 78.9 Å². The normalized spacial score (nSPS) is 20.6. The van der Waals surface area contributed by atoms with E-state index < -0.39 is 17.7 Å². The molecule has 1 fully saturated rings. The number of anilines is 2.